The third-order valence-electron chi connectivity index (χ3n) is 4.37. The molecule has 5 heteroatoms. The predicted molar refractivity (Wildman–Crippen MR) is 78.3 cm³/mol. The molecule has 0 unspecified atom stereocenters. The van der Waals surface area contributed by atoms with Gasteiger partial charge in [0.2, 0.25) is 0 Å². The maximum absolute atomic E-state index is 12.5. The van der Waals surface area contributed by atoms with Crippen LogP contribution in [0.4, 0.5) is 8.78 Å². The minimum Gasteiger partial charge on any atom is -0.383 e. The van der Waals surface area contributed by atoms with Crippen molar-refractivity contribution in [3.63, 3.8) is 0 Å². The van der Waals surface area contributed by atoms with Gasteiger partial charge >= 0.3 is 0 Å². The van der Waals surface area contributed by atoms with Crippen molar-refractivity contribution in [2.75, 3.05) is 46.9 Å². The van der Waals surface area contributed by atoms with Gasteiger partial charge in [0.1, 0.15) is 0 Å². The number of alkyl halides is 2. The number of ether oxygens (including phenoxy) is 1. The molecule has 1 aliphatic rings. The number of methoxy groups -OCH3 is 1. The summed E-state index contributed by atoms with van der Waals surface area (Å²) in [5, 5.41) is 3.43. The predicted octanol–water partition coefficient (Wildman–Crippen LogP) is 2.62. The summed E-state index contributed by atoms with van der Waals surface area (Å²) in [5.74, 6) is 0.766. The fraction of sp³-hybridized carbons (Fsp3) is 1.00. The van der Waals surface area contributed by atoms with Crippen LogP contribution in [0.2, 0.25) is 0 Å². The third kappa shape index (κ3) is 6.46. The average molecular weight is 292 g/mol. The van der Waals surface area contributed by atoms with Crippen molar-refractivity contribution < 1.29 is 13.5 Å². The van der Waals surface area contributed by atoms with Crippen LogP contribution in [0.15, 0.2) is 0 Å². The molecule has 0 atom stereocenters. The first kappa shape index (κ1) is 17.8. The van der Waals surface area contributed by atoms with Crippen molar-refractivity contribution in [2.24, 2.45) is 11.3 Å². The van der Waals surface area contributed by atoms with Crippen molar-refractivity contribution in [2.45, 2.75) is 39.0 Å². The van der Waals surface area contributed by atoms with Crippen molar-refractivity contribution >= 4 is 0 Å². The molecule has 0 bridgehead atoms. The second-order valence-electron chi connectivity index (χ2n) is 6.44. The summed E-state index contributed by atoms with van der Waals surface area (Å²) in [6.07, 6.45) is 2.41. The van der Waals surface area contributed by atoms with Crippen LogP contribution in [0, 0.1) is 11.3 Å². The van der Waals surface area contributed by atoms with Gasteiger partial charge in [0.15, 0.2) is 0 Å². The van der Waals surface area contributed by atoms with Gasteiger partial charge in [-0.15, -0.1) is 0 Å². The summed E-state index contributed by atoms with van der Waals surface area (Å²) in [4.78, 5) is 1.79. The summed E-state index contributed by atoms with van der Waals surface area (Å²) in [7, 11) is 3.50. The topological polar surface area (TPSA) is 24.5 Å². The minimum atomic E-state index is -2.25. The Bertz CT molecular complexity index is 256. The van der Waals surface area contributed by atoms with Crippen LogP contribution in [0.5, 0.6) is 0 Å². The van der Waals surface area contributed by atoms with Gasteiger partial charge in [-0.3, -0.25) is 0 Å². The Kier molecular flexibility index (Phi) is 7.92. The highest BCUT2D eigenvalue weighted by molar-refractivity contribution is 4.89. The van der Waals surface area contributed by atoms with E-state index in [0.717, 1.165) is 38.4 Å². The van der Waals surface area contributed by atoms with Gasteiger partial charge in [-0.25, -0.2) is 8.78 Å². The van der Waals surface area contributed by atoms with Crippen LogP contribution < -0.4 is 5.32 Å². The van der Waals surface area contributed by atoms with E-state index in [9.17, 15) is 8.78 Å². The third-order valence-corrected chi connectivity index (χ3v) is 4.37. The lowest BCUT2D eigenvalue weighted by Crippen LogP contribution is -2.46. The molecule has 1 N–H and O–H groups in total. The number of nitrogens with zero attached hydrogens (tertiary/aromatic N) is 1. The summed E-state index contributed by atoms with van der Waals surface area (Å²) < 4.78 is 30.1. The lowest BCUT2D eigenvalue weighted by molar-refractivity contribution is 0.0524. The van der Waals surface area contributed by atoms with Crippen LogP contribution >= 0.6 is 0 Å². The molecule has 3 nitrogen and oxygen atoms in total. The molecule has 1 aliphatic carbocycles. The first-order valence-electron chi connectivity index (χ1n) is 7.64. The maximum atomic E-state index is 12.5. The minimum absolute atomic E-state index is 0.130. The summed E-state index contributed by atoms with van der Waals surface area (Å²) in [6.45, 7) is 5.33. The van der Waals surface area contributed by atoms with E-state index in [1.807, 2.05) is 0 Å². The number of rotatable bonds is 9. The molecule has 1 saturated carbocycles. The van der Waals surface area contributed by atoms with Gasteiger partial charge in [0.05, 0.1) is 13.2 Å². The van der Waals surface area contributed by atoms with Crippen molar-refractivity contribution in [1.29, 1.82) is 0 Å². The SMILES string of the molecule is COCCNCC1(CN(C)CC(F)F)CCC(C)CC1. The molecule has 1 fully saturated rings. The molecule has 0 saturated heterocycles. The summed E-state index contributed by atoms with van der Waals surface area (Å²) in [6, 6.07) is 0. The molecule has 20 heavy (non-hydrogen) atoms. The van der Waals surface area contributed by atoms with E-state index in [1.54, 1.807) is 19.1 Å². The normalized spacial score (nSPS) is 27.4. The van der Waals surface area contributed by atoms with Gasteiger partial charge in [-0.1, -0.05) is 19.8 Å². The maximum Gasteiger partial charge on any atom is 0.251 e. The van der Waals surface area contributed by atoms with E-state index < -0.39 is 6.43 Å². The molecule has 0 aliphatic heterocycles. The Morgan fingerprint density at radius 2 is 2.00 bits per heavy atom. The lowest BCUT2D eigenvalue weighted by Gasteiger charge is -2.42. The van der Waals surface area contributed by atoms with E-state index in [2.05, 4.69) is 12.2 Å². The molecular weight excluding hydrogens is 262 g/mol. The van der Waals surface area contributed by atoms with E-state index in [1.165, 1.54) is 12.8 Å². The fourth-order valence-electron chi connectivity index (χ4n) is 3.17. The first-order valence-corrected chi connectivity index (χ1v) is 7.64. The van der Waals surface area contributed by atoms with Gasteiger partial charge in [-0.05, 0) is 31.2 Å². The number of halogens is 2. The molecule has 0 amide bonds. The van der Waals surface area contributed by atoms with E-state index in [-0.39, 0.29) is 12.0 Å². The first-order chi connectivity index (χ1) is 9.47. The van der Waals surface area contributed by atoms with Crippen LogP contribution in [0.3, 0.4) is 0 Å². The van der Waals surface area contributed by atoms with E-state index in [0.29, 0.717) is 6.61 Å². The van der Waals surface area contributed by atoms with Crippen molar-refractivity contribution in [3.05, 3.63) is 0 Å². The molecule has 0 radical (unpaired) electrons. The Balaban J connectivity index is 2.50. The van der Waals surface area contributed by atoms with Crippen molar-refractivity contribution in [3.8, 4) is 0 Å². The highest BCUT2D eigenvalue weighted by atomic mass is 19.3. The van der Waals surface area contributed by atoms with Crippen LogP contribution in [-0.4, -0.2) is 58.3 Å². The zero-order valence-electron chi connectivity index (χ0n) is 13.1. The van der Waals surface area contributed by atoms with Gasteiger partial charge in [0.25, 0.3) is 6.43 Å². The molecule has 0 heterocycles. The van der Waals surface area contributed by atoms with Crippen LogP contribution in [0.25, 0.3) is 0 Å². The standard InChI is InChI=1S/C15H30F2N2O/c1-13-4-6-15(7-5-13,11-18-8-9-20-3)12-19(2)10-14(16)17/h13-14,18H,4-12H2,1-3H3. The molecule has 1 rings (SSSR count). The molecule has 0 aromatic rings. The largest absolute Gasteiger partial charge is 0.383 e. The smallest absolute Gasteiger partial charge is 0.251 e. The Labute approximate surface area is 122 Å². The van der Waals surface area contributed by atoms with Crippen molar-refractivity contribution in [1.82, 2.24) is 10.2 Å². The van der Waals surface area contributed by atoms with Crippen LogP contribution in [-0.2, 0) is 4.74 Å². The molecular formula is C15H30F2N2O. The van der Waals surface area contributed by atoms with Gasteiger partial charge < -0.3 is 15.0 Å². The highest BCUT2D eigenvalue weighted by Crippen LogP contribution is 2.39. The second kappa shape index (κ2) is 8.90. The quantitative estimate of drug-likeness (QED) is 0.661. The second-order valence-corrected chi connectivity index (χ2v) is 6.44. The number of nitrogens with one attached hydrogen (secondary N) is 1. The Morgan fingerprint density at radius 3 is 2.55 bits per heavy atom. The average Bonchev–Trinajstić information content (AvgIpc) is 2.37. The number of hydrogen-bond acceptors (Lipinski definition) is 3. The zero-order chi connectivity index (χ0) is 15.0. The Morgan fingerprint density at radius 1 is 1.35 bits per heavy atom. The molecule has 0 aromatic heterocycles. The van der Waals surface area contributed by atoms with E-state index in [4.69, 9.17) is 4.74 Å². The summed E-state index contributed by atoms with van der Waals surface area (Å²) >= 11 is 0. The van der Waals surface area contributed by atoms with Gasteiger partial charge in [0, 0.05) is 26.7 Å². The number of hydrogen-bond donors (Lipinski definition) is 1. The van der Waals surface area contributed by atoms with E-state index >= 15 is 0 Å². The molecule has 120 valence electrons. The lowest BCUT2D eigenvalue weighted by atomic mass is 9.70. The van der Waals surface area contributed by atoms with Gasteiger partial charge in [-0.2, -0.15) is 0 Å². The molecule has 0 aromatic carbocycles. The zero-order valence-corrected chi connectivity index (χ0v) is 13.1. The Hall–Kier alpha value is -0.260. The summed E-state index contributed by atoms with van der Waals surface area (Å²) in [5.41, 5.74) is 0.143. The molecule has 0 spiro atoms. The highest BCUT2D eigenvalue weighted by Gasteiger charge is 2.35. The van der Waals surface area contributed by atoms with Crippen LogP contribution in [0.1, 0.15) is 32.6 Å². The fourth-order valence-corrected chi connectivity index (χ4v) is 3.17. The monoisotopic (exact) mass is 292 g/mol.